The fourth-order valence-electron chi connectivity index (χ4n) is 2.83. The maximum Gasteiger partial charge on any atom is 0.326 e. The maximum atomic E-state index is 13.0. The van der Waals surface area contributed by atoms with Gasteiger partial charge in [0.1, 0.15) is 6.04 Å². The molecule has 1 amide bonds. The first-order chi connectivity index (χ1) is 13.4. The molecule has 0 aliphatic heterocycles. The summed E-state index contributed by atoms with van der Waals surface area (Å²) in [5, 5.41) is 11.8. The molecule has 0 saturated heterocycles. The molecule has 2 aromatic rings. The number of hydrogen-bond donors (Lipinski definition) is 3. The smallest absolute Gasteiger partial charge is 0.326 e. The second-order valence-electron chi connectivity index (χ2n) is 6.27. The minimum atomic E-state index is -1.29. The van der Waals surface area contributed by atoms with E-state index < -0.39 is 23.8 Å². The summed E-state index contributed by atoms with van der Waals surface area (Å²) >= 11 is 3.82. The summed E-state index contributed by atoms with van der Waals surface area (Å²) in [5.41, 5.74) is 0.831. The van der Waals surface area contributed by atoms with Crippen LogP contribution in [0.4, 0.5) is 0 Å². The van der Waals surface area contributed by atoms with Crippen molar-refractivity contribution in [3.8, 4) is 0 Å². The summed E-state index contributed by atoms with van der Waals surface area (Å²) in [6.45, 7) is 0. The molecule has 2 atom stereocenters. The number of rotatable bonds is 10. The average Bonchev–Trinajstić information content (AvgIpc) is 2.72. The molecule has 0 radical (unpaired) electrons. The zero-order valence-corrected chi connectivity index (χ0v) is 16.0. The molecule has 0 fully saturated rings. The average molecular weight is 399 g/mol. The molecule has 0 aromatic heterocycles. The van der Waals surface area contributed by atoms with Gasteiger partial charge in [-0.05, 0) is 6.42 Å². The summed E-state index contributed by atoms with van der Waals surface area (Å²) in [6, 6.07) is 15.6. The number of aliphatic carboxylic acids is 1. The Morgan fingerprint density at radius 2 is 1.43 bits per heavy atom. The molecule has 2 aromatic carbocycles. The van der Waals surface area contributed by atoms with E-state index in [0.717, 1.165) is 0 Å². The van der Waals surface area contributed by atoms with Crippen LogP contribution in [0.2, 0.25) is 0 Å². The Morgan fingerprint density at radius 1 is 0.893 bits per heavy atom. The van der Waals surface area contributed by atoms with Gasteiger partial charge >= 0.3 is 5.97 Å². The quantitative estimate of drug-likeness (QED) is 0.421. The van der Waals surface area contributed by atoms with Crippen LogP contribution in [0.15, 0.2) is 60.7 Å². The Morgan fingerprint density at radius 3 is 1.93 bits per heavy atom. The summed E-state index contributed by atoms with van der Waals surface area (Å²) < 4.78 is 0. The molecule has 0 spiro atoms. The van der Waals surface area contributed by atoms with Crippen molar-refractivity contribution in [2.45, 2.75) is 18.9 Å². The number of carboxylic acid groups (broad SMARTS) is 1. The van der Waals surface area contributed by atoms with E-state index in [9.17, 15) is 24.3 Å². The van der Waals surface area contributed by atoms with Crippen LogP contribution in [0.25, 0.3) is 0 Å². The molecule has 28 heavy (non-hydrogen) atoms. The highest BCUT2D eigenvalue weighted by Gasteiger charge is 2.30. The SMILES string of the molecule is O=C(CS)NC(CC(CC(=O)c1ccccc1)C(=O)c1ccccc1)C(=O)O. The topological polar surface area (TPSA) is 101 Å². The largest absolute Gasteiger partial charge is 0.480 e. The van der Waals surface area contributed by atoms with Gasteiger partial charge in [0.2, 0.25) is 5.91 Å². The number of Topliss-reactive ketones (excluding diaryl/α,β-unsaturated/α-hetero) is 2. The van der Waals surface area contributed by atoms with E-state index in [1.165, 1.54) is 0 Å². The predicted molar refractivity (Wildman–Crippen MR) is 108 cm³/mol. The van der Waals surface area contributed by atoms with Gasteiger partial charge in [-0.3, -0.25) is 14.4 Å². The van der Waals surface area contributed by atoms with Crippen LogP contribution in [0.5, 0.6) is 0 Å². The second-order valence-corrected chi connectivity index (χ2v) is 6.59. The fraction of sp³-hybridized carbons (Fsp3) is 0.238. The molecule has 2 unspecified atom stereocenters. The van der Waals surface area contributed by atoms with Crippen LogP contribution < -0.4 is 5.32 Å². The van der Waals surface area contributed by atoms with E-state index in [1.54, 1.807) is 60.7 Å². The summed E-state index contributed by atoms with van der Waals surface area (Å²) in [7, 11) is 0. The molecule has 6 nitrogen and oxygen atoms in total. The van der Waals surface area contributed by atoms with Crippen molar-refractivity contribution in [2.75, 3.05) is 5.75 Å². The van der Waals surface area contributed by atoms with Crippen LogP contribution in [0.3, 0.4) is 0 Å². The highest BCUT2D eigenvalue weighted by atomic mass is 32.1. The van der Waals surface area contributed by atoms with E-state index in [2.05, 4.69) is 17.9 Å². The minimum Gasteiger partial charge on any atom is -0.480 e. The molecule has 2 N–H and O–H groups in total. The van der Waals surface area contributed by atoms with Gasteiger partial charge in [-0.15, -0.1) is 0 Å². The number of thiol groups is 1. The van der Waals surface area contributed by atoms with E-state index in [4.69, 9.17) is 0 Å². The molecule has 2 rings (SSSR count). The van der Waals surface area contributed by atoms with Crippen LogP contribution in [-0.4, -0.2) is 40.3 Å². The Kier molecular flexibility index (Phi) is 7.95. The zero-order chi connectivity index (χ0) is 20.5. The molecule has 0 bridgehead atoms. The van der Waals surface area contributed by atoms with Gasteiger partial charge in [0.05, 0.1) is 5.75 Å². The molecule has 0 aliphatic rings. The molecular formula is C21H21NO5S. The van der Waals surface area contributed by atoms with Gasteiger partial charge in [0.15, 0.2) is 11.6 Å². The lowest BCUT2D eigenvalue weighted by molar-refractivity contribution is -0.141. The number of amides is 1. The Labute approximate surface area is 168 Å². The van der Waals surface area contributed by atoms with Gasteiger partial charge in [-0.25, -0.2) is 4.79 Å². The monoisotopic (exact) mass is 399 g/mol. The first kappa shape index (κ1) is 21.4. The maximum absolute atomic E-state index is 13.0. The highest BCUT2D eigenvalue weighted by molar-refractivity contribution is 7.81. The second kappa shape index (κ2) is 10.4. The highest BCUT2D eigenvalue weighted by Crippen LogP contribution is 2.21. The van der Waals surface area contributed by atoms with Gasteiger partial charge in [0.25, 0.3) is 0 Å². The van der Waals surface area contributed by atoms with E-state index in [0.29, 0.717) is 11.1 Å². The van der Waals surface area contributed by atoms with E-state index >= 15 is 0 Å². The van der Waals surface area contributed by atoms with Crippen molar-refractivity contribution in [1.82, 2.24) is 5.32 Å². The minimum absolute atomic E-state index is 0.154. The molecular weight excluding hydrogens is 378 g/mol. The number of ketones is 2. The third kappa shape index (κ3) is 6.06. The first-order valence-electron chi connectivity index (χ1n) is 8.73. The molecule has 0 saturated carbocycles. The van der Waals surface area contributed by atoms with Crippen molar-refractivity contribution in [1.29, 1.82) is 0 Å². The number of hydrogen-bond acceptors (Lipinski definition) is 5. The fourth-order valence-corrected chi connectivity index (χ4v) is 2.92. The van der Waals surface area contributed by atoms with Crippen LogP contribution in [0, 0.1) is 5.92 Å². The Hall–Kier alpha value is -2.93. The third-order valence-corrected chi connectivity index (χ3v) is 4.54. The van der Waals surface area contributed by atoms with Gasteiger partial charge in [0, 0.05) is 23.5 Å². The lowest BCUT2D eigenvalue weighted by Crippen LogP contribution is -2.43. The summed E-state index contributed by atoms with van der Waals surface area (Å²) in [4.78, 5) is 48.7. The van der Waals surface area contributed by atoms with Gasteiger partial charge < -0.3 is 10.4 Å². The van der Waals surface area contributed by atoms with Crippen molar-refractivity contribution < 1.29 is 24.3 Å². The number of nitrogens with one attached hydrogen (secondary N) is 1. The zero-order valence-electron chi connectivity index (χ0n) is 15.1. The van der Waals surface area contributed by atoms with E-state index in [-0.39, 0.29) is 30.2 Å². The molecule has 0 heterocycles. The number of carbonyl (C=O) groups excluding carboxylic acids is 3. The molecule has 7 heteroatoms. The number of carboxylic acids is 1. The Balaban J connectivity index is 2.26. The molecule has 0 aliphatic carbocycles. The van der Waals surface area contributed by atoms with Crippen LogP contribution >= 0.6 is 12.6 Å². The normalized spacial score (nSPS) is 12.6. The van der Waals surface area contributed by atoms with Crippen molar-refractivity contribution in [3.63, 3.8) is 0 Å². The summed E-state index contributed by atoms with van der Waals surface area (Å²) in [5.74, 6) is -3.50. The van der Waals surface area contributed by atoms with Gasteiger partial charge in [-0.2, -0.15) is 12.6 Å². The lowest BCUT2D eigenvalue weighted by Gasteiger charge is -2.21. The van der Waals surface area contributed by atoms with Crippen LogP contribution in [-0.2, 0) is 9.59 Å². The standard InChI is InChI=1S/C21H21NO5S/c23-18(14-7-3-1-4-8-14)12-16(20(25)15-9-5-2-6-10-15)11-17(21(26)27)22-19(24)13-28/h1-10,16-17,28H,11-13H2,(H,22,24)(H,26,27). The third-order valence-electron chi connectivity index (χ3n) is 4.25. The van der Waals surface area contributed by atoms with Gasteiger partial charge in [-0.1, -0.05) is 60.7 Å². The van der Waals surface area contributed by atoms with Crippen molar-refractivity contribution >= 4 is 36.1 Å². The number of benzene rings is 2. The lowest BCUT2D eigenvalue weighted by atomic mass is 9.86. The molecule has 146 valence electrons. The van der Waals surface area contributed by atoms with Crippen molar-refractivity contribution in [3.05, 3.63) is 71.8 Å². The van der Waals surface area contributed by atoms with E-state index in [1.807, 2.05) is 0 Å². The summed E-state index contributed by atoms with van der Waals surface area (Å²) in [6.07, 6.45) is -0.348. The predicted octanol–water partition coefficient (Wildman–Crippen LogP) is 2.65. The Bertz CT molecular complexity index is 838. The van der Waals surface area contributed by atoms with Crippen molar-refractivity contribution in [2.24, 2.45) is 5.92 Å². The first-order valence-corrected chi connectivity index (χ1v) is 9.36. The number of carbonyl (C=O) groups is 4. The van der Waals surface area contributed by atoms with Crippen LogP contribution in [0.1, 0.15) is 33.6 Å².